The molecular formula is C25H19NO6. The van der Waals surface area contributed by atoms with Gasteiger partial charge in [0, 0.05) is 5.56 Å². The normalized spacial score (nSPS) is 12.5. The van der Waals surface area contributed by atoms with Crippen molar-refractivity contribution in [3.8, 4) is 5.75 Å². The molecule has 3 aromatic rings. The zero-order valence-corrected chi connectivity index (χ0v) is 17.2. The smallest absolute Gasteiger partial charge is 0.338 e. The molecule has 0 aliphatic carbocycles. The molecule has 0 N–H and O–H groups in total. The quantitative estimate of drug-likeness (QED) is 0.321. The predicted molar refractivity (Wildman–Crippen MR) is 116 cm³/mol. The molecule has 0 saturated heterocycles. The monoisotopic (exact) mass is 429 g/mol. The number of hydrogen-bond acceptors (Lipinski definition) is 6. The first-order valence-electron chi connectivity index (χ1n) is 10.0. The van der Waals surface area contributed by atoms with Gasteiger partial charge in [-0.3, -0.25) is 14.4 Å². The van der Waals surface area contributed by atoms with Crippen LogP contribution < -0.4 is 9.64 Å². The Morgan fingerprint density at radius 1 is 0.781 bits per heavy atom. The van der Waals surface area contributed by atoms with Crippen molar-refractivity contribution in [2.45, 2.75) is 6.92 Å². The molecule has 7 heteroatoms. The van der Waals surface area contributed by atoms with E-state index in [1.807, 2.05) is 6.92 Å². The number of rotatable bonds is 7. The van der Waals surface area contributed by atoms with Crippen molar-refractivity contribution in [2.24, 2.45) is 0 Å². The van der Waals surface area contributed by atoms with Crippen molar-refractivity contribution in [1.29, 1.82) is 0 Å². The number of benzene rings is 3. The number of nitrogens with zero attached hydrogens (tertiary/aromatic N) is 1. The Morgan fingerprint density at radius 3 is 1.91 bits per heavy atom. The third-order valence-corrected chi connectivity index (χ3v) is 4.98. The molecule has 0 aromatic heterocycles. The number of carbonyl (C=O) groups excluding carboxylic acids is 4. The van der Waals surface area contributed by atoms with Gasteiger partial charge in [0.15, 0.2) is 12.4 Å². The molecule has 0 bridgehead atoms. The van der Waals surface area contributed by atoms with Crippen LogP contribution in [0.2, 0.25) is 0 Å². The first-order valence-corrected chi connectivity index (χ1v) is 10.0. The second kappa shape index (κ2) is 8.85. The predicted octanol–water partition coefficient (Wildman–Crippen LogP) is 3.93. The van der Waals surface area contributed by atoms with E-state index in [-0.39, 0.29) is 11.3 Å². The van der Waals surface area contributed by atoms with Gasteiger partial charge < -0.3 is 9.47 Å². The molecule has 4 rings (SSSR count). The van der Waals surface area contributed by atoms with Gasteiger partial charge in [-0.2, -0.15) is 0 Å². The minimum Gasteiger partial charge on any atom is -0.494 e. The van der Waals surface area contributed by atoms with Crippen LogP contribution in [0.15, 0.2) is 72.8 Å². The van der Waals surface area contributed by atoms with Gasteiger partial charge in [-0.05, 0) is 67.6 Å². The Bertz CT molecular complexity index is 1160. The number of carbonyl (C=O) groups is 4. The van der Waals surface area contributed by atoms with Gasteiger partial charge in [0.05, 0.1) is 29.0 Å². The van der Waals surface area contributed by atoms with Crippen LogP contribution in [0.3, 0.4) is 0 Å². The summed E-state index contributed by atoms with van der Waals surface area (Å²) in [6.07, 6.45) is 0. The fourth-order valence-electron chi connectivity index (χ4n) is 3.37. The van der Waals surface area contributed by atoms with Crippen molar-refractivity contribution in [3.05, 3.63) is 95.1 Å². The number of ketones is 1. The van der Waals surface area contributed by atoms with E-state index in [1.165, 1.54) is 24.3 Å². The number of hydrogen-bond donors (Lipinski definition) is 0. The second-order valence-corrected chi connectivity index (χ2v) is 6.99. The standard InChI is InChI=1S/C25H19NO6/c1-2-31-19-13-9-16(10-14-19)22(27)15-32-25(30)17-7-11-18(12-8-17)26-23(28)20-5-3-4-6-21(20)24(26)29/h3-14H,2,15H2,1H3. The van der Waals surface area contributed by atoms with Crippen LogP contribution in [0.1, 0.15) is 48.4 Å². The number of imide groups is 1. The molecule has 1 aliphatic heterocycles. The summed E-state index contributed by atoms with van der Waals surface area (Å²) < 4.78 is 10.4. The highest BCUT2D eigenvalue weighted by Crippen LogP contribution is 2.28. The molecule has 1 aliphatic rings. The van der Waals surface area contributed by atoms with Crippen molar-refractivity contribution in [1.82, 2.24) is 0 Å². The molecule has 0 fully saturated rings. The Kier molecular flexibility index (Phi) is 5.81. The molecule has 0 unspecified atom stereocenters. The fraction of sp³-hybridized carbons (Fsp3) is 0.120. The van der Waals surface area contributed by atoms with Crippen LogP contribution >= 0.6 is 0 Å². The molecule has 0 saturated carbocycles. The highest BCUT2D eigenvalue weighted by atomic mass is 16.5. The van der Waals surface area contributed by atoms with E-state index < -0.39 is 24.4 Å². The van der Waals surface area contributed by atoms with Gasteiger partial charge in [-0.15, -0.1) is 0 Å². The van der Waals surface area contributed by atoms with E-state index in [1.54, 1.807) is 48.5 Å². The minimum absolute atomic E-state index is 0.199. The third-order valence-electron chi connectivity index (χ3n) is 4.98. The molecule has 0 atom stereocenters. The van der Waals surface area contributed by atoms with Crippen molar-refractivity contribution in [3.63, 3.8) is 0 Å². The minimum atomic E-state index is -0.682. The molecular weight excluding hydrogens is 410 g/mol. The Labute approximate surface area is 184 Å². The summed E-state index contributed by atoms with van der Waals surface area (Å²) in [6.45, 7) is 1.98. The molecule has 3 aromatic carbocycles. The SMILES string of the molecule is CCOc1ccc(C(=O)COC(=O)c2ccc(N3C(=O)c4ccccc4C3=O)cc2)cc1. The first-order chi connectivity index (χ1) is 15.5. The van der Waals surface area contributed by atoms with Gasteiger partial charge in [0.25, 0.3) is 11.8 Å². The lowest BCUT2D eigenvalue weighted by Crippen LogP contribution is -2.29. The number of anilines is 1. The molecule has 0 spiro atoms. The zero-order valence-electron chi connectivity index (χ0n) is 17.2. The lowest BCUT2D eigenvalue weighted by molar-refractivity contribution is 0.0474. The average molecular weight is 429 g/mol. The molecule has 7 nitrogen and oxygen atoms in total. The van der Waals surface area contributed by atoms with Crippen LogP contribution in [0.25, 0.3) is 0 Å². The largest absolute Gasteiger partial charge is 0.494 e. The van der Waals surface area contributed by atoms with E-state index in [9.17, 15) is 19.2 Å². The summed E-state index contributed by atoms with van der Waals surface area (Å²) in [5.41, 5.74) is 1.63. The second-order valence-electron chi connectivity index (χ2n) is 6.99. The van der Waals surface area contributed by atoms with Crippen molar-refractivity contribution in [2.75, 3.05) is 18.1 Å². The van der Waals surface area contributed by atoms with E-state index >= 15 is 0 Å². The summed E-state index contributed by atoms with van der Waals surface area (Å²) in [5.74, 6) is -1.20. The van der Waals surface area contributed by atoms with Crippen LogP contribution in [0, 0.1) is 0 Å². The molecule has 1 heterocycles. The van der Waals surface area contributed by atoms with E-state index in [0.29, 0.717) is 34.7 Å². The van der Waals surface area contributed by atoms with Gasteiger partial charge in [0.2, 0.25) is 0 Å². The van der Waals surface area contributed by atoms with E-state index in [2.05, 4.69) is 0 Å². The molecule has 160 valence electrons. The Hall–Kier alpha value is -4.26. The van der Waals surface area contributed by atoms with Gasteiger partial charge >= 0.3 is 5.97 Å². The summed E-state index contributed by atoms with van der Waals surface area (Å²) >= 11 is 0. The maximum absolute atomic E-state index is 12.6. The maximum atomic E-state index is 12.6. The molecule has 32 heavy (non-hydrogen) atoms. The van der Waals surface area contributed by atoms with Gasteiger partial charge in [0.1, 0.15) is 5.75 Å². The average Bonchev–Trinajstić information content (AvgIpc) is 3.08. The van der Waals surface area contributed by atoms with E-state index in [0.717, 1.165) is 4.90 Å². The first kappa shape index (κ1) is 21.0. The summed E-state index contributed by atoms with van der Waals surface area (Å²) in [7, 11) is 0. The number of Topliss-reactive ketones (excluding diaryl/α,β-unsaturated/α-hetero) is 1. The highest BCUT2D eigenvalue weighted by molar-refractivity contribution is 6.34. The van der Waals surface area contributed by atoms with Gasteiger partial charge in [-0.1, -0.05) is 12.1 Å². The van der Waals surface area contributed by atoms with Gasteiger partial charge in [-0.25, -0.2) is 9.69 Å². The van der Waals surface area contributed by atoms with E-state index in [4.69, 9.17) is 9.47 Å². The van der Waals surface area contributed by atoms with Crippen LogP contribution in [0.4, 0.5) is 5.69 Å². The topological polar surface area (TPSA) is 90.0 Å². The van der Waals surface area contributed by atoms with Crippen LogP contribution in [0.5, 0.6) is 5.75 Å². The lowest BCUT2D eigenvalue weighted by atomic mass is 10.1. The van der Waals surface area contributed by atoms with Crippen molar-refractivity contribution >= 4 is 29.3 Å². The lowest BCUT2D eigenvalue weighted by Gasteiger charge is -2.14. The highest BCUT2D eigenvalue weighted by Gasteiger charge is 2.36. The number of esters is 1. The van der Waals surface area contributed by atoms with Crippen molar-refractivity contribution < 1.29 is 28.7 Å². The summed E-state index contributed by atoms with van der Waals surface area (Å²) in [5, 5.41) is 0. The summed E-state index contributed by atoms with van der Waals surface area (Å²) in [6, 6.07) is 19.0. The third kappa shape index (κ3) is 4.00. The van der Waals surface area contributed by atoms with Crippen LogP contribution in [-0.2, 0) is 4.74 Å². The summed E-state index contributed by atoms with van der Waals surface area (Å²) in [4.78, 5) is 50.8. The zero-order chi connectivity index (χ0) is 22.7. The number of ether oxygens (including phenoxy) is 2. The van der Waals surface area contributed by atoms with Crippen LogP contribution in [-0.4, -0.2) is 36.8 Å². The molecule has 0 radical (unpaired) electrons. The molecule has 2 amide bonds. The number of amides is 2. The Balaban J connectivity index is 1.39. The fourth-order valence-corrected chi connectivity index (χ4v) is 3.37. The maximum Gasteiger partial charge on any atom is 0.338 e. The number of fused-ring (bicyclic) bond motifs is 1. The Morgan fingerprint density at radius 2 is 1.34 bits per heavy atom.